The van der Waals surface area contributed by atoms with Crippen molar-refractivity contribution in [2.75, 3.05) is 0 Å². The highest BCUT2D eigenvalue weighted by Gasteiger charge is 2.16. The van der Waals surface area contributed by atoms with E-state index in [1.54, 1.807) is 12.1 Å². The van der Waals surface area contributed by atoms with E-state index in [0.717, 1.165) is 16.7 Å². The van der Waals surface area contributed by atoms with Gasteiger partial charge in [0, 0.05) is 12.1 Å². The van der Waals surface area contributed by atoms with Crippen molar-refractivity contribution < 1.29 is 13.9 Å². The number of rotatable bonds is 7. The van der Waals surface area contributed by atoms with E-state index < -0.39 is 0 Å². The Morgan fingerprint density at radius 2 is 1.82 bits per heavy atom. The lowest BCUT2D eigenvalue weighted by Crippen LogP contribution is -2.23. The minimum atomic E-state index is -0.296. The van der Waals surface area contributed by atoms with Crippen molar-refractivity contribution in [1.82, 2.24) is 10.3 Å². The van der Waals surface area contributed by atoms with Gasteiger partial charge in [0.15, 0.2) is 0 Å². The Morgan fingerprint density at radius 1 is 1.14 bits per heavy atom. The molecule has 0 aliphatic carbocycles. The smallest absolute Gasteiger partial charge is 0.263 e. The van der Waals surface area contributed by atoms with Crippen molar-refractivity contribution in [3.8, 4) is 10.6 Å². The zero-order chi connectivity index (χ0) is 20.1. The Labute approximate surface area is 168 Å². The van der Waals surface area contributed by atoms with Gasteiger partial charge in [-0.15, -0.1) is 11.3 Å². The quantitative estimate of drug-likeness (QED) is 0.601. The summed E-state index contributed by atoms with van der Waals surface area (Å²) in [7, 11) is 0. The third-order valence-electron chi connectivity index (χ3n) is 4.22. The molecule has 0 atom stereocenters. The van der Waals surface area contributed by atoms with E-state index in [2.05, 4.69) is 10.3 Å². The molecule has 0 saturated carbocycles. The number of hydrogen-bond acceptors (Lipinski definition) is 4. The Bertz CT molecular complexity index is 951. The van der Waals surface area contributed by atoms with Crippen LogP contribution in [0.25, 0.3) is 10.6 Å². The Balaban J connectivity index is 1.70. The van der Waals surface area contributed by atoms with Crippen LogP contribution in [0.5, 0.6) is 0 Å². The summed E-state index contributed by atoms with van der Waals surface area (Å²) >= 11 is 1.31. The fourth-order valence-electron chi connectivity index (χ4n) is 2.71. The Morgan fingerprint density at radius 3 is 2.50 bits per heavy atom. The van der Waals surface area contributed by atoms with Crippen LogP contribution in [-0.2, 0) is 17.9 Å². The van der Waals surface area contributed by atoms with Crippen molar-refractivity contribution in [3.05, 3.63) is 76.0 Å². The van der Waals surface area contributed by atoms with Crippen molar-refractivity contribution in [1.29, 1.82) is 0 Å². The first-order valence-electron chi connectivity index (χ1n) is 9.14. The van der Waals surface area contributed by atoms with E-state index in [-0.39, 0.29) is 17.8 Å². The third-order valence-corrected chi connectivity index (χ3v) is 5.43. The van der Waals surface area contributed by atoms with Gasteiger partial charge in [0.2, 0.25) is 0 Å². The largest absolute Gasteiger partial charge is 0.374 e. The molecular formula is C22H23FN2O2S. The number of aryl methyl sites for hydroxylation is 1. The van der Waals surface area contributed by atoms with Crippen molar-refractivity contribution in [3.63, 3.8) is 0 Å². The number of benzene rings is 2. The van der Waals surface area contributed by atoms with Gasteiger partial charge in [0.1, 0.15) is 15.7 Å². The average molecular weight is 399 g/mol. The van der Waals surface area contributed by atoms with Crippen LogP contribution in [0.1, 0.15) is 40.3 Å². The van der Waals surface area contributed by atoms with E-state index in [1.807, 2.05) is 45.0 Å². The minimum absolute atomic E-state index is 0.146. The highest BCUT2D eigenvalue weighted by molar-refractivity contribution is 7.17. The van der Waals surface area contributed by atoms with Crippen LogP contribution < -0.4 is 5.32 Å². The maximum atomic E-state index is 13.1. The van der Waals surface area contributed by atoms with Crippen molar-refractivity contribution in [2.45, 2.75) is 40.0 Å². The Kier molecular flexibility index (Phi) is 6.54. The molecule has 3 aromatic rings. The summed E-state index contributed by atoms with van der Waals surface area (Å²) < 4.78 is 18.8. The zero-order valence-electron chi connectivity index (χ0n) is 16.2. The molecular weight excluding hydrogens is 375 g/mol. The molecule has 4 nitrogen and oxygen atoms in total. The molecule has 1 aromatic heterocycles. The summed E-state index contributed by atoms with van der Waals surface area (Å²) in [6.45, 7) is 6.73. The van der Waals surface area contributed by atoms with Crippen molar-refractivity contribution >= 4 is 17.2 Å². The second kappa shape index (κ2) is 9.08. The molecule has 0 aliphatic rings. The number of amides is 1. The van der Waals surface area contributed by atoms with Gasteiger partial charge in [-0.05, 0) is 56.2 Å². The number of nitrogens with zero attached hydrogens (tertiary/aromatic N) is 1. The van der Waals surface area contributed by atoms with Crippen LogP contribution in [0.3, 0.4) is 0 Å². The zero-order valence-corrected chi connectivity index (χ0v) is 17.0. The second-order valence-electron chi connectivity index (χ2n) is 6.75. The van der Waals surface area contributed by atoms with E-state index in [4.69, 9.17) is 4.74 Å². The second-order valence-corrected chi connectivity index (χ2v) is 7.75. The van der Waals surface area contributed by atoms with Crippen LogP contribution >= 0.6 is 11.3 Å². The van der Waals surface area contributed by atoms with Crippen LogP contribution in [-0.4, -0.2) is 17.0 Å². The fourth-order valence-corrected chi connectivity index (χ4v) is 3.69. The third kappa shape index (κ3) is 5.03. The van der Waals surface area contributed by atoms with Gasteiger partial charge >= 0.3 is 0 Å². The minimum Gasteiger partial charge on any atom is -0.374 e. The number of hydrogen-bond donors (Lipinski definition) is 1. The first-order chi connectivity index (χ1) is 13.4. The standard InChI is InChI=1S/C22H23FN2O2S/c1-14(2)27-13-18-7-5-4-6-17(18)12-24-21(26)20-15(3)25-22(28-20)16-8-10-19(23)11-9-16/h4-11,14H,12-13H2,1-3H3,(H,24,26). The average Bonchev–Trinajstić information content (AvgIpc) is 3.07. The fraction of sp³-hybridized carbons (Fsp3) is 0.273. The first-order valence-corrected chi connectivity index (χ1v) is 9.95. The van der Waals surface area contributed by atoms with Crippen LogP contribution in [0, 0.1) is 12.7 Å². The highest BCUT2D eigenvalue weighted by Crippen LogP contribution is 2.28. The van der Waals surface area contributed by atoms with Gasteiger partial charge in [-0.25, -0.2) is 9.37 Å². The van der Waals surface area contributed by atoms with Crippen LogP contribution in [0.2, 0.25) is 0 Å². The van der Waals surface area contributed by atoms with Crippen LogP contribution in [0.15, 0.2) is 48.5 Å². The molecule has 1 heterocycles. The lowest BCUT2D eigenvalue weighted by molar-refractivity contribution is 0.0651. The lowest BCUT2D eigenvalue weighted by atomic mass is 10.1. The molecule has 3 rings (SSSR count). The molecule has 2 aromatic carbocycles. The summed E-state index contributed by atoms with van der Waals surface area (Å²) in [5.41, 5.74) is 3.55. The van der Waals surface area contributed by atoms with Gasteiger partial charge in [-0.1, -0.05) is 24.3 Å². The molecule has 0 bridgehead atoms. The maximum Gasteiger partial charge on any atom is 0.263 e. The monoisotopic (exact) mass is 398 g/mol. The number of carbonyl (C=O) groups is 1. The van der Waals surface area contributed by atoms with Gasteiger partial charge in [0.05, 0.1) is 18.4 Å². The number of aromatic nitrogens is 1. The van der Waals surface area contributed by atoms with E-state index in [9.17, 15) is 9.18 Å². The van der Waals surface area contributed by atoms with Gasteiger partial charge < -0.3 is 10.1 Å². The summed E-state index contributed by atoms with van der Waals surface area (Å²) in [5.74, 6) is -0.460. The van der Waals surface area contributed by atoms with E-state index in [1.165, 1.54) is 23.5 Å². The molecule has 0 spiro atoms. The summed E-state index contributed by atoms with van der Waals surface area (Å²) in [5, 5.41) is 3.68. The molecule has 28 heavy (non-hydrogen) atoms. The number of ether oxygens (including phenoxy) is 1. The normalized spacial score (nSPS) is 11.0. The SMILES string of the molecule is Cc1nc(-c2ccc(F)cc2)sc1C(=O)NCc1ccccc1COC(C)C. The lowest BCUT2D eigenvalue weighted by Gasteiger charge is -2.12. The number of carbonyl (C=O) groups excluding carboxylic acids is 1. The Hall–Kier alpha value is -2.57. The summed E-state index contributed by atoms with van der Waals surface area (Å²) in [6, 6.07) is 14.0. The number of thiazole rings is 1. The maximum absolute atomic E-state index is 13.1. The molecule has 146 valence electrons. The number of halogens is 1. The van der Waals surface area contributed by atoms with E-state index in [0.29, 0.717) is 28.7 Å². The number of nitrogens with one attached hydrogen (secondary N) is 1. The first kappa shape index (κ1) is 20.2. The molecule has 0 fully saturated rings. The molecule has 1 amide bonds. The molecule has 1 N–H and O–H groups in total. The molecule has 0 unspecified atom stereocenters. The predicted octanol–water partition coefficient (Wildman–Crippen LogP) is 5.11. The molecule has 6 heteroatoms. The topological polar surface area (TPSA) is 51.2 Å². The predicted molar refractivity (Wildman–Crippen MR) is 110 cm³/mol. The molecule has 0 aliphatic heterocycles. The van der Waals surface area contributed by atoms with Gasteiger partial charge in [0.25, 0.3) is 5.91 Å². The van der Waals surface area contributed by atoms with Gasteiger partial charge in [-0.3, -0.25) is 4.79 Å². The van der Waals surface area contributed by atoms with Gasteiger partial charge in [-0.2, -0.15) is 0 Å². The molecule has 0 radical (unpaired) electrons. The van der Waals surface area contributed by atoms with Crippen LogP contribution in [0.4, 0.5) is 4.39 Å². The summed E-state index contributed by atoms with van der Waals surface area (Å²) in [6.07, 6.45) is 0.146. The molecule has 0 saturated heterocycles. The van der Waals surface area contributed by atoms with Crippen molar-refractivity contribution in [2.24, 2.45) is 0 Å². The van der Waals surface area contributed by atoms with E-state index >= 15 is 0 Å². The highest BCUT2D eigenvalue weighted by atomic mass is 32.1. The summed E-state index contributed by atoms with van der Waals surface area (Å²) in [4.78, 5) is 17.7.